The van der Waals surface area contributed by atoms with E-state index >= 15 is 0 Å². The zero-order valence-corrected chi connectivity index (χ0v) is 14.6. The van der Waals surface area contributed by atoms with Crippen LogP contribution in [0.1, 0.15) is 5.56 Å². The Bertz CT molecular complexity index is 692. The zero-order chi connectivity index (χ0) is 14.9. The molecule has 3 N–H and O–H groups in total. The van der Waals surface area contributed by atoms with Crippen molar-refractivity contribution in [2.45, 2.75) is 0 Å². The van der Waals surface area contributed by atoms with E-state index in [1.807, 2.05) is 0 Å². The van der Waals surface area contributed by atoms with Crippen molar-refractivity contribution in [2.24, 2.45) is 5.73 Å². The van der Waals surface area contributed by atoms with Crippen LogP contribution in [0.25, 0.3) is 0 Å². The van der Waals surface area contributed by atoms with E-state index in [1.165, 1.54) is 0 Å². The van der Waals surface area contributed by atoms with Gasteiger partial charge < -0.3 is 10.5 Å². The summed E-state index contributed by atoms with van der Waals surface area (Å²) >= 11 is 18.7. The largest absolute Gasteiger partial charge is 0.455 e. The van der Waals surface area contributed by atoms with Crippen molar-refractivity contribution in [3.63, 3.8) is 0 Å². The summed E-state index contributed by atoms with van der Waals surface area (Å²) in [6, 6.07) is 8.43. The van der Waals surface area contributed by atoms with Gasteiger partial charge in [-0.2, -0.15) is 0 Å². The van der Waals surface area contributed by atoms with Crippen LogP contribution in [0.2, 0.25) is 10.0 Å². The van der Waals surface area contributed by atoms with E-state index in [2.05, 4.69) is 31.9 Å². The molecule has 0 saturated heterocycles. The van der Waals surface area contributed by atoms with Gasteiger partial charge in [-0.05, 0) is 40.2 Å². The van der Waals surface area contributed by atoms with Crippen LogP contribution >= 0.6 is 55.1 Å². The molecule has 0 atom stereocenters. The lowest BCUT2D eigenvalue weighted by Gasteiger charge is -2.12. The Labute approximate surface area is 142 Å². The van der Waals surface area contributed by atoms with Gasteiger partial charge >= 0.3 is 0 Å². The summed E-state index contributed by atoms with van der Waals surface area (Å²) in [7, 11) is 0. The van der Waals surface area contributed by atoms with Crippen LogP contribution in [0.15, 0.2) is 39.3 Å². The summed E-state index contributed by atoms with van der Waals surface area (Å²) in [4.78, 5) is 0. The molecule has 2 aromatic rings. The number of benzene rings is 2. The average molecular weight is 439 g/mol. The van der Waals surface area contributed by atoms with Gasteiger partial charge in [0, 0.05) is 15.0 Å². The van der Waals surface area contributed by atoms with Crippen LogP contribution < -0.4 is 10.5 Å². The highest BCUT2D eigenvalue weighted by atomic mass is 79.9. The van der Waals surface area contributed by atoms with E-state index in [-0.39, 0.29) is 5.84 Å². The Morgan fingerprint density at radius 3 is 2.40 bits per heavy atom. The minimum Gasteiger partial charge on any atom is -0.455 e. The number of nitrogen functional groups attached to an aromatic ring is 1. The summed E-state index contributed by atoms with van der Waals surface area (Å²) in [6.07, 6.45) is 0. The lowest BCUT2D eigenvalue weighted by Crippen LogP contribution is -2.12. The Kier molecular flexibility index (Phi) is 4.96. The van der Waals surface area contributed by atoms with Gasteiger partial charge in [0.25, 0.3) is 0 Å². The second-order valence-electron chi connectivity index (χ2n) is 3.85. The maximum Gasteiger partial charge on any atom is 0.147 e. The van der Waals surface area contributed by atoms with Crippen molar-refractivity contribution >= 4 is 60.9 Å². The van der Waals surface area contributed by atoms with Gasteiger partial charge in [-0.15, -0.1) is 0 Å². The van der Waals surface area contributed by atoms with Gasteiger partial charge in [0.2, 0.25) is 0 Å². The van der Waals surface area contributed by atoms with Crippen molar-refractivity contribution in [3.8, 4) is 11.5 Å². The molecule has 0 heterocycles. The van der Waals surface area contributed by atoms with Crippen LogP contribution in [-0.2, 0) is 0 Å². The summed E-state index contributed by atoms with van der Waals surface area (Å²) in [5.74, 6) is 0.728. The van der Waals surface area contributed by atoms with E-state index < -0.39 is 0 Å². The maximum atomic E-state index is 7.58. The van der Waals surface area contributed by atoms with Crippen LogP contribution in [0.5, 0.6) is 11.5 Å². The molecule has 0 aromatic heterocycles. The Morgan fingerprint density at radius 2 is 1.75 bits per heavy atom. The van der Waals surface area contributed by atoms with Gasteiger partial charge in [0.05, 0.1) is 15.6 Å². The molecule has 0 unspecified atom stereocenters. The molecular weight excluding hydrogens is 431 g/mol. The van der Waals surface area contributed by atoms with E-state index in [1.54, 1.807) is 30.3 Å². The molecule has 0 bridgehead atoms. The summed E-state index contributed by atoms with van der Waals surface area (Å²) in [6.45, 7) is 0. The van der Waals surface area contributed by atoms with Crippen LogP contribution in [0.3, 0.4) is 0 Å². The van der Waals surface area contributed by atoms with E-state index in [4.69, 9.17) is 39.1 Å². The molecule has 104 valence electrons. The molecule has 0 amide bonds. The summed E-state index contributed by atoms with van der Waals surface area (Å²) in [5.41, 5.74) is 6.01. The maximum absolute atomic E-state index is 7.58. The highest BCUT2D eigenvalue weighted by molar-refractivity contribution is 9.10. The van der Waals surface area contributed by atoms with Crippen molar-refractivity contribution in [1.29, 1.82) is 5.41 Å². The molecule has 7 heteroatoms. The first-order valence-electron chi connectivity index (χ1n) is 5.35. The number of ether oxygens (including phenoxy) is 1. The SMILES string of the molecule is N=C(N)c1cc(Br)ccc1Oc1cc(Cl)c(Br)cc1Cl. The van der Waals surface area contributed by atoms with Crippen molar-refractivity contribution in [1.82, 2.24) is 0 Å². The van der Waals surface area contributed by atoms with Crippen LogP contribution in [0.4, 0.5) is 0 Å². The fraction of sp³-hybridized carbons (Fsp3) is 0. The molecule has 0 aliphatic heterocycles. The van der Waals surface area contributed by atoms with E-state index in [9.17, 15) is 0 Å². The highest BCUT2D eigenvalue weighted by Gasteiger charge is 2.12. The first-order chi connectivity index (χ1) is 9.38. The second-order valence-corrected chi connectivity index (χ2v) is 6.44. The topological polar surface area (TPSA) is 59.1 Å². The van der Waals surface area contributed by atoms with Crippen molar-refractivity contribution in [2.75, 3.05) is 0 Å². The molecule has 0 saturated carbocycles. The van der Waals surface area contributed by atoms with Gasteiger partial charge in [-0.3, -0.25) is 5.41 Å². The number of hydrogen-bond acceptors (Lipinski definition) is 2. The molecule has 0 fully saturated rings. The Balaban J connectivity index is 2.45. The molecule has 20 heavy (non-hydrogen) atoms. The number of halogens is 4. The van der Waals surface area contributed by atoms with Crippen molar-refractivity contribution < 1.29 is 4.74 Å². The van der Waals surface area contributed by atoms with Crippen molar-refractivity contribution in [3.05, 3.63) is 54.9 Å². The number of hydrogen-bond donors (Lipinski definition) is 2. The quantitative estimate of drug-likeness (QED) is 0.372. The van der Waals surface area contributed by atoms with Gasteiger partial charge in [0.1, 0.15) is 17.3 Å². The third-order valence-corrected chi connectivity index (χ3v) is 4.41. The normalized spacial score (nSPS) is 10.4. The predicted octanol–water partition coefficient (Wildman–Crippen LogP) is 5.59. The minimum absolute atomic E-state index is 0.0966. The molecule has 2 aromatic carbocycles. The Morgan fingerprint density at radius 1 is 1.05 bits per heavy atom. The standard InChI is InChI=1S/C13H8Br2Cl2N2O/c14-6-1-2-11(7(3-6)13(18)19)20-12-5-9(16)8(15)4-10(12)17/h1-5H,(H3,18,19). The molecule has 2 rings (SSSR count). The predicted molar refractivity (Wildman–Crippen MR) is 89.4 cm³/mol. The molecule has 0 aliphatic carbocycles. The fourth-order valence-electron chi connectivity index (χ4n) is 1.50. The van der Waals surface area contributed by atoms with Gasteiger partial charge in [-0.1, -0.05) is 39.1 Å². The number of amidine groups is 1. The number of nitrogens with two attached hydrogens (primary N) is 1. The van der Waals surface area contributed by atoms with Gasteiger partial charge in [-0.25, -0.2) is 0 Å². The lowest BCUT2D eigenvalue weighted by atomic mass is 10.2. The second kappa shape index (κ2) is 6.35. The molecular formula is C13H8Br2Cl2N2O. The smallest absolute Gasteiger partial charge is 0.147 e. The monoisotopic (exact) mass is 436 g/mol. The summed E-state index contributed by atoms with van der Waals surface area (Å²) in [5, 5.41) is 8.46. The summed E-state index contributed by atoms with van der Waals surface area (Å²) < 4.78 is 7.19. The molecule has 3 nitrogen and oxygen atoms in total. The average Bonchev–Trinajstić information content (AvgIpc) is 2.37. The lowest BCUT2D eigenvalue weighted by molar-refractivity contribution is 0.481. The third-order valence-electron chi connectivity index (χ3n) is 2.43. The first-order valence-corrected chi connectivity index (χ1v) is 7.69. The highest BCUT2D eigenvalue weighted by Crippen LogP contribution is 2.37. The first kappa shape index (κ1) is 15.6. The van der Waals surface area contributed by atoms with Crippen LogP contribution in [0, 0.1) is 5.41 Å². The number of rotatable bonds is 3. The van der Waals surface area contributed by atoms with E-state index in [0.29, 0.717) is 31.6 Å². The van der Waals surface area contributed by atoms with E-state index in [0.717, 1.165) is 4.47 Å². The molecule has 0 radical (unpaired) electrons. The molecule has 0 aliphatic rings. The Hall–Kier alpha value is -0.750. The third kappa shape index (κ3) is 3.47. The van der Waals surface area contributed by atoms with Crippen LogP contribution in [-0.4, -0.2) is 5.84 Å². The fourth-order valence-corrected chi connectivity index (χ4v) is 2.69. The number of nitrogens with one attached hydrogen (secondary N) is 1. The minimum atomic E-state index is -0.0966. The molecule has 0 spiro atoms. The zero-order valence-electron chi connectivity index (χ0n) is 9.88. The van der Waals surface area contributed by atoms with Gasteiger partial charge in [0.15, 0.2) is 0 Å².